The molecule has 0 aliphatic rings. The molecule has 0 radical (unpaired) electrons. The van der Waals surface area contributed by atoms with Crippen molar-refractivity contribution in [2.24, 2.45) is 0 Å². The molecule has 0 spiro atoms. The van der Waals surface area contributed by atoms with Gasteiger partial charge in [0.05, 0.1) is 0 Å². The molecule has 20 heavy (non-hydrogen) atoms. The predicted octanol–water partition coefficient (Wildman–Crippen LogP) is 5.60. The standard InChI is InChI=1S/C12H10O2.2C3H8/c13-11-5-1-9(2-6-11)10-3-7-12(14)8-4-10;2*1-3-2/h1-8,13-14H;2*3H2,1-2H3. The van der Waals surface area contributed by atoms with Crippen LogP contribution in [-0.4, -0.2) is 10.2 Å². The van der Waals surface area contributed by atoms with Crippen LogP contribution in [0.15, 0.2) is 48.5 Å². The van der Waals surface area contributed by atoms with Crippen LogP contribution >= 0.6 is 0 Å². The lowest BCUT2D eigenvalue weighted by Gasteiger charge is -2.01. The molecule has 0 unspecified atom stereocenters. The van der Waals surface area contributed by atoms with Crippen LogP contribution < -0.4 is 0 Å². The predicted molar refractivity (Wildman–Crippen MR) is 87.1 cm³/mol. The zero-order valence-electron chi connectivity index (χ0n) is 12.9. The molecule has 0 bridgehead atoms. The molecule has 2 N–H and O–H groups in total. The van der Waals surface area contributed by atoms with Crippen LogP contribution in [0.4, 0.5) is 0 Å². The van der Waals surface area contributed by atoms with Gasteiger partial charge in [-0.2, -0.15) is 0 Å². The van der Waals surface area contributed by atoms with Crippen LogP contribution in [0.2, 0.25) is 0 Å². The SMILES string of the molecule is CCC.CCC.Oc1ccc(-c2ccc(O)cc2)cc1. The molecule has 110 valence electrons. The Morgan fingerprint density at radius 3 is 0.950 bits per heavy atom. The van der Waals surface area contributed by atoms with Crippen LogP contribution in [0, 0.1) is 0 Å². The Morgan fingerprint density at radius 2 is 0.750 bits per heavy atom. The van der Waals surface area contributed by atoms with Crippen LogP contribution in [0.3, 0.4) is 0 Å². The number of hydrogen-bond donors (Lipinski definition) is 2. The molecule has 2 nitrogen and oxygen atoms in total. The second kappa shape index (κ2) is 10.9. The maximum absolute atomic E-state index is 9.11. The summed E-state index contributed by atoms with van der Waals surface area (Å²) in [6, 6.07) is 13.9. The zero-order valence-corrected chi connectivity index (χ0v) is 12.9. The number of phenolic OH excluding ortho intramolecular Hbond substituents is 2. The smallest absolute Gasteiger partial charge is 0.115 e. The second-order valence-electron chi connectivity index (χ2n) is 4.51. The third kappa shape index (κ3) is 7.47. The van der Waals surface area contributed by atoms with Crippen molar-refractivity contribution in [3.8, 4) is 22.6 Å². The van der Waals surface area contributed by atoms with Gasteiger partial charge in [-0.05, 0) is 35.4 Å². The van der Waals surface area contributed by atoms with E-state index in [9.17, 15) is 0 Å². The lowest BCUT2D eigenvalue weighted by molar-refractivity contribution is 0.474. The van der Waals surface area contributed by atoms with Crippen molar-refractivity contribution < 1.29 is 10.2 Å². The minimum atomic E-state index is 0.257. The molecule has 0 fully saturated rings. The highest BCUT2D eigenvalue weighted by molar-refractivity contribution is 5.64. The van der Waals surface area contributed by atoms with E-state index < -0.39 is 0 Å². The van der Waals surface area contributed by atoms with Crippen LogP contribution in [-0.2, 0) is 0 Å². The van der Waals surface area contributed by atoms with Gasteiger partial charge in [-0.25, -0.2) is 0 Å². The Labute approximate surface area is 122 Å². The summed E-state index contributed by atoms with van der Waals surface area (Å²) in [6.45, 7) is 8.50. The lowest BCUT2D eigenvalue weighted by Crippen LogP contribution is -1.75. The Hall–Kier alpha value is -1.96. The van der Waals surface area contributed by atoms with Gasteiger partial charge >= 0.3 is 0 Å². The van der Waals surface area contributed by atoms with E-state index >= 15 is 0 Å². The highest BCUT2D eigenvalue weighted by Gasteiger charge is 1.96. The highest BCUT2D eigenvalue weighted by Crippen LogP contribution is 2.23. The summed E-state index contributed by atoms with van der Waals surface area (Å²) in [6.07, 6.45) is 2.50. The van der Waals surface area contributed by atoms with Crippen molar-refractivity contribution >= 4 is 0 Å². The number of benzene rings is 2. The minimum Gasteiger partial charge on any atom is -0.508 e. The van der Waals surface area contributed by atoms with Gasteiger partial charge in [0.25, 0.3) is 0 Å². The molecule has 0 saturated heterocycles. The Bertz CT molecular complexity index is 398. The van der Waals surface area contributed by atoms with Gasteiger partial charge in [-0.3, -0.25) is 0 Å². The van der Waals surface area contributed by atoms with E-state index in [0.717, 1.165) is 11.1 Å². The molecule has 0 saturated carbocycles. The first kappa shape index (κ1) is 18.0. The topological polar surface area (TPSA) is 40.5 Å². The largest absolute Gasteiger partial charge is 0.508 e. The molecule has 2 rings (SSSR count). The molecule has 0 atom stereocenters. The monoisotopic (exact) mass is 274 g/mol. The summed E-state index contributed by atoms with van der Waals surface area (Å²) in [4.78, 5) is 0. The van der Waals surface area contributed by atoms with Crippen molar-refractivity contribution in [3.63, 3.8) is 0 Å². The van der Waals surface area contributed by atoms with Crippen molar-refractivity contribution in [3.05, 3.63) is 48.5 Å². The fraction of sp³-hybridized carbons (Fsp3) is 0.333. The van der Waals surface area contributed by atoms with Gasteiger partial charge in [0.15, 0.2) is 0 Å². The van der Waals surface area contributed by atoms with E-state index in [1.807, 2.05) is 24.3 Å². The summed E-state index contributed by atoms with van der Waals surface area (Å²) in [7, 11) is 0. The quantitative estimate of drug-likeness (QED) is 0.710. The summed E-state index contributed by atoms with van der Waals surface area (Å²) < 4.78 is 0. The van der Waals surface area contributed by atoms with Gasteiger partial charge in [0.2, 0.25) is 0 Å². The lowest BCUT2D eigenvalue weighted by atomic mass is 10.1. The summed E-state index contributed by atoms with van der Waals surface area (Å²) >= 11 is 0. The Balaban J connectivity index is 0.000000520. The molecule has 2 aromatic rings. The Morgan fingerprint density at radius 1 is 0.550 bits per heavy atom. The molecule has 2 aromatic carbocycles. The second-order valence-corrected chi connectivity index (χ2v) is 4.51. The van der Waals surface area contributed by atoms with Gasteiger partial charge in [-0.1, -0.05) is 64.8 Å². The first-order valence-corrected chi connectivity index (χ1v) is 7.17. The molecule has 0 heterocycles. The fourth-order valence-electron chi connectivity index (χ4n) is 1.31. The summed E-state index contributed by atoms with van der Waals surface area (Å²) in [5.41, 5.74) is 2.03. The maximum Gasteiger partial charge on any atom is 0.115 e. The molecular formula is C18H26O2. The third-order valence-electron chi connectivity index (χ3n) is 2.07. The van der Waals surface area contributed by atoms with Crippen molar-refractivity contribution in [1.82, 2.24) is 0 Å². The summed E-state index contributed by atoms with van der Waals surface area (Å²) in [5, 5.41) is 18.2. The number of aromatic hydroxyl groups is 2. The van der Waals surface area contributed by atoms with E-state index in [1.165, 1.54) is 12.8 Å². The average Bonchev–Trinajstić information content (AvgIpc) is 2.42. The number of phenols is 2. The van der Waals surface area contributed by atoms with Gasteiger partial charge in [0, 0.05) is 0 Å². The average molecular weight is 274 g/mol. The van der Waals surface area contributed by atoms with E-state index in [0.29, 0.717) is 0 Å². The van der Waals surface area contributed by atoms with Gasteiger partial charge in [0.1, 0.15) is 11.5 Å². The van der Waals surface area contributed by atoms with Crippen LogP contribution in [0.1, 0.15) is 40.5 Å². The minimum absolute atomic E-state index is 0.257. The van der Waals surface area contributed by atoms with E-state index in [-0.39, 0.29) is 11.5 Å². The van der Waals surface area contributed by atoms with E-state index in [4.69, 9.17) is 10.2 Å². The molecule has 0 aliphatic heterocycles. The highest BCUT2D eigenvalue weighted by atomic mass is 16.3. The molecule has 0 aromatic heterocycles. The fourth-order valence-corrected chi connectivity index (χ4v) is 1.31. The Kier molecular flexibility index (Phi) is 9.85. The van der Waals surface area contributed by atoms with Crippen molar-refractivity contribution in [2.75, 3.05) is 0 Å². The van der Waals surface area contributed by atoms with Gasteiger partial charge < -0.3 is 10.2 Å². The normalized spacial score (nSPS) is 8.80. The van der Waals surface area contributed by atoms with Crippen LogP contribution in [0.5, 0.6) is 11.5 Å². The van der Waals surface area contributed by atoms with Crippen molar-refractivity contribution in [2.45, 2.75) is 40.5 Å². The van der Waals surface area contributed by atoms with E-state index in [1.54, 1.807) is 24.3 Å². The van der Waals surface area contributed by atoms with Crippen molar-refractivity contribution in [1.29, 1.82) is 0 Å². The summed E-state index contributed by atoms with van der Waals surface area (Å²) in [5.74, 6) is 0.514. The molecule has 0 amide bonds. The van der Waals surface area contributed by atoms with E-state index in [2.05, 4.69) is 27.7 Å². The molecule has 2 heteroatoms. The first-order valence-electron chi connectivity index (χ1n) is 7.17. The molecule has 0 aliphatic carbocycles. The molecular weight excluding hydrogens is 248 g/mol. The first-order chi connectivity index (χ1) is 9.58. The van der Waals surface area contributed by atoms with Gasteiger partial charge in [-0.15, -0.1) is 0 Å². The number of rotatable bonds is 1. The zero-order chi connectivity index (χ0) is 15.4. The third-order valence-corrected chi connectivity index (χ3v) is 2.07. The maximum atomic E-state index is 9.11. The van der Waals surface area contributed by atoms with Crippen LogP contribution in [0.25, 0.3) is 11.1 Å². The number of hydrogen-bond acceptors (Lipinski definition) is 2.